The van der Waals surface area contributed by atoms with E-state index in [1.807, 2.05) is 6.07 Å². The molecule has 1 amide bonds. The minimum atomic E-state index is -0.245. The van der Waals surface area contributed by atoms with Gasteiger partial charge in [-0.25, -0.2) is 0 Å². The highest BCUT2D eigenvalue weighted by atomic mass is 35.5. The molecule has 4 heterocycles. The van der Waals surface area contributed by atoms with Crippen molar-refractivity contribution in [1.82, 2.24) is 10.2 Å². The van der Waals surface area contributed by atoms with Gasteiger partial charge in [-0.15, -0.1) is 0 Å². The Hall–Kier alpha value is -1.26. The third-order valence-corrected chi connectivity index (χ3v) is 5.94. The van der Waals surface area contributed by atoms with Crippen LogP contribution in [0.2, 0.25) is 5.02 Å². The number of fused-ring (bicyclic) bond motifs is 4. The molecule has 5 rings (SSSR count). The third kappa shape index (κ3) is 3.02. The molecule has 1 N–H and O–H groups in total. The molecule has 1 atom stereocenters. The molecule has 0 aliphatic carbocycles. The Labute approximate surface area is 148 Å². The van der Waals surface area contributed by atoms with Crippen molar-refractivity contribution in [3.63, 3.8) is 0 Å². The zero-order valence-electron chi connectivity index (χ0n) is 14.4. The van der Waals surface area contributed by atoms with Gasteiger partial charge in [0.1, 0.15) is 11.4 Å². The second-order valence-electron chi connectivity index (χ2n) is 8.02. The molecule has 3 fully saturated rings. The molecule has 1 unspecified atom stereocenters. The van der Waals surface area contributed by atoms with Crippen molar-refractivity contribution in [2.75, 3.05) is 19.6 Å². The van der Waals surface area contributed by atoms with E-state index in [1.165, 1.54) is 25.9 Å². The van der Waals surface area contributed by atoms with E-state index in [1.54, 1.807) is 6.07 Å². The van der Waals surface area contributed by atoms with Gasteiger partial charge in [0.2, 0.25) is 0 Å². The molecule has 1 aromatic carbocycles. The van der Waals surface area contributed by atoms with E-state index in [0.29, 0.717) is 16.5 Å². The average molecular weight is 349 g/mol. The number of hydrogen-bond acceptors (Lipinski definition) is 3. The number of nitrogens with zero attached hydrogens (tertiary/aromatic N) is 1. The highest BCUT2D eigenvalue weighted by Crippen LogP contribution is 2.38. The first-order chi connectivity index (χ1) is 11.4. The largest absolute Gasteiger partial charge is 0.487 e. The predicted molar refractivity (Wildman–Crippen MR) is 94.9 cm³/mol. The number of piperidine rings is 3. The van der Waals surface area contributed by atoms with Gasteiger partial charge < -0.3 is 15.0 Å². The van der Waals surface area contributed by atoms with Crippen LogP contribution in [0, 0.1) is 5.92 Å². The Morgan fingerprint density at radius 2 is 2.08 bits per heavy atom. The van der Waals surface area contributed by atoms with Crippen LogP contribution in [0.25, 0.3) is 0 Å². The van der Waals surface area contributed by atoms with Crippen LogP contribution in [0.15, 0.2) is 12.1 Å². The molecule has 130 valence electrons. The molecule has 1 aromatic rings. The molecular formula is C19H25ClN2O2. The standard InChI is InChI=1S/C19H25ClN2O2/c1-19(2)6-3-13-9-14(20)10-15(17(13)24-19)18(23)21-16-11-22-7-4-12(16)5-8-22/h9-10,12,16H,3-8,11H2,1-2H3,(H,21,23). The summed E-state index contributed by atoms with van der Waals surface area (Å²) in [5.74, 6) is 1.27. The van der Waals surface area contributed by atoms with Gasteiger partial charge >= 0.3 is 0 Å². The highest BCUT2D eigenvalue weighted by molar-refractivity contribution is 6.31. The first kappa shape index (κ1) is 16.2. The van der Waals surface area contributed by atoms with Gasteiger partial charge in [-0.1, -0.05) is 11.6 Å². The molecule has 4 aliphatic rings. The van der Waals surface area contributed by atoms with Crippen LogP contribution in [0.4, 0.5) is 0 Å². The lowest BCUT2D eigenvalue weighted by atomic mass is 9.84. The Kier molecular flexibility index (Phi) is 4.00. The van der Waals surface area contributed by atoms with E-state index in [4.69, 9.17) is 16.3 Å². The molecule has 0 saturated carbocycles. The Bertz CT molecular complexity index is 666. The van der Waals surface area contributed by atoms with E-state index in [0.717, 1.165) is 30.7 Å². The molecule has 3 saturated heterocycles. The second kappa shape index (κ2) is 5.92. The average Bonchev–Trinajstić information content (AvgIpc) is 2.55. The number of benzene rings is 1. The summed E-state index contributed by atoms with van der Waals surface area (Å²) < 4.78 is 6.15. The fraction of sp³-hybridized carbons (Fsp3) is 0.632. The molecule has 4 nitrogen and oxygen atoms in total. The first-order valence-corrected chi connectivity index (χ1v) is 9.34. The van der Waals surface area contributed by atoms with Gasteiger partial charge in [0.15, 0.2) is 0 Å². The number of amides is 1. The number of nitrogens with one attached hydrogen (secondary N) is 1. The topological polar surface area (TPSA) is 41.6 Å². The molecule has 0 aromatic heterocycles. The number of ether oxygens (including phenoxy) is 1. The summed E-state index contributed by atoms with van der Waals surface area (Å²) in [6, 6.07) is 3.92. The van der Waals surface area contributed by atoms with Gasteiger partial charge in [-0.05, 0) is 76.2 Å². The summed E-state index contributed by atoms with van der Waals surface area (Å²) in [5.41, 5.74) is 1.38. The summed E-state index contributed by atoms with van der Waals surface area (Å²) in [6.07, 6.45) is 4.19. The molecule has 4 aliphatic heterocycles. The van der Waals surface area contributed by atoms with Gasteiger partial charge in [0, 0.05) is 17.6 Å². The maximum Gasteiger partial charge on any atom is 0.255 e. The van der Waals surface area contributed by atoms with Crippen molar-refractivity contribution < 1.29 is 9.53 Å². The van der Waals surface area contributed by atoms with E-state index < -0.39 is 0 Å². The van der Waals surface area contributed by atoms with Crippen LogP contribution >= 0.6 is 11.6 Å². The first-order valence-electron chi connectivity index (χ1n) is 8.96. The van der Waals surface area contributed by atoms with E-state index >= 15 is 0 Å². The van der Waals surface area contributed by atoms with E-state index in [-0.39, 0.29) is 17.6 Å². The van der Waals surface area contributed by atoms with Crippen LogP contribution in [-0.2, 0) is 6.42 Å². The van der Waals surface area contributed by atoms with Gasteiger partial charge in [-0.2, -0.15) is 0 Å². The van der Waals surface area contributed by atoms with Gasteiger partial charge in [0.25, 0.3) is 5.91 Å². The number of halogens is 1. The second-order valence-corrected chi connectivity index (χ2v) is 8.46. The van der Waals surface area contributed by atoms with Crippen molar-refractivity contribution in [3.05, 3.63) is 28.3 Å². The van der Waals surface area contributed by atoms with Crippen molar-refractivity contribution >= 4 is 17.5 Å². The monoisotopic (exact) mass is 348 g/mol. The van der Waals surface area contributed by atoms with Gasteiger partial charge in [0.05, 0.1) is 5.56 Å². The normalized spacial score (nSPS) is 30.4. The lowest BCUT2D eigenvalue weighted by molar-refractivity contribution is 0.0601. The highest BCUT2D eigenvalue weighted by Gasteiger charge is 2.36. The number of rotatable bonds is 2. The maximum absolute atomic E-state index is 13.0. The summed E-state index contributed by atoms with van der Waals surface area (Å²) in [5, 5.41) is 3.86. The predicted octanol–water partition coefficient (Wildman–Crippen LogP) is 3.27. The minimum absolute atomic E-state index is 0.0507. The van der Waals surface area contributed by atoms with Crippen molar-refractivity contribution in [2.24, 2.45) is 5.92 Å². The summed E-state index contributed by atoms with van der Waals surface area (Å²) in [4.78, 5) is 15.4. The van der Waals surface area contributed by atoms with Crippen LogP contribution in [-0.4, -0.2) is 42.1 Å². The molecular weight excluding hydrogens is 324 g/mol. The quantitative estimate of drug-likeness (QED) is 0.891. The number of aryl methyl sites for hydroxylation is 1. The Morgan fingerprint density at radius 1 is 1.33 bits per heavy atom. The number of carbonyl (C=O) groups excluding carboxylic acids is 1. The summed E-state index contributed by atoms with van der Waals surface area (Å²) in [7, 11) is 0. The Morgan fingerprint density at radius 3 is 2.75 bits per heavy atom. The molecule has 0 radical (unpaired) electrons. The van der Waals surface area contributed by atoms with Crippen LogP contribution in [0.1, 0.15) is 49.0 Å². The summed E-state index contributed by atoms with van der Waals surface area (Å²) in [6.45, 7) is 7.44. The molecule has 2 bridgehead atoms. The SMILES string of the molecule is CC1(C)CCc2cc(Cl)cc(C(=O)NC3CN4CCC3CC4)c2O1. The van der Waals surface area contributed by atoms with Crippen molar-refractivity contribution in [1.29, 1.82) is 0 Å². The van der Waals surface area contributed by atoms with Crippen molar-refractivity contribution in [2.45, 2.75) is 51.2 Å². The number of carbonyl (C=O) groups is 1. The van der Waals surface area contributed by atoms with Gasteiger partial charge in [-0.3, -0.25) is 4.79 Å². The third-order valence-electron chi connectivity index (χ3n) is 5.72. The smallest absolute Gasteiger partial charge is 0.255 e. The lowest BCUT2D eigenvalue weighted by Gasteiger charge is -2.45. The number of hydrogen-bond donors (Lipinski definition) is 1. The van der Waals surface area contributed by atoms with Crippen LogP contribution in [0.5, 0.6) is 5.75 Å². The minimum Gasteiger partial charge on any atom is -0.487 e. The van der Waals surface area contributed by atoms with Crippen LogP contribution < -0.4 is 10.1 Å². The zero-order valence-corrected chi connectivity index (χ0v) is 15.2. The van der Waals surface area contributed by atoms with E-state index in [2.05, 4.69) is 24.1 Å². The zero-order chi connectivity index (χ0) is 16.9. The fourth-order valence-electron chi connectivity index (χ4n) is 4.26. The maximum atomic E-state index is 13.0. The molecule has 0 spiro atoms. The van der Waals surface area contributed by atoms with E-state index in [9.17, 15) is 4.79 Å². The fourth-order valence-corrected chi connectivity index (χ4v) is 4.50. The summed E-state index contributed by atoms with van der Waals surface area (Å²) >= 11 is 6.26. The van der Waals surface area contributed by atoms with Crippen LogP contribution in [0.3, 0.4) is 0 Å². The Balaban J connectivity index is 1.59. The lowest BCUT2D eigenvalue weighted by Crippen LogP contribution is -2.57. The van der Waals surface area contributed by atoms with Crippen molar-refractivity contribution in [3.8, 4) is 5.75 Å². The molecule has 5 heteroatoms. The molecule has 24 heavy (non-hydrogen) atoms.